The second-order valence-corrected chi connectivity index (χ2v) is 5.85. The third-order valence-electron chi connectivity index (χ3n) is 3.23. The summed E-state index contributed by atoms with van der Waals surface area (Å²) >= 11 is 1.87. The van der Waals surface area contributed by atoms with Crippen molar-refractivity contribution in [1.82, 2.24) is 4.90 Å². The fourth-order valence-electron chi connectivity index (χ4n) is 2.08. The maximum Gasteiger partial charge on any atom is 0.387 e. The molecule has 2 N–H and O–H groups in total. The van der Waals surface area contributed by atoms with E-state index in [1.54, 1.807) is 12.1 Å². The lowest BCUT2D eigenvalue weighted by molar-refractivity contribution is -0.0504. The van der Waals surface area contributed by atoms with E-state index in [2.05, 4.69) is 9.73 Å². The van der Waals surface area contributed by atoms with Gasteiger partial charge in [0.25, 0.3) is 0 Å². The molecule has 5 nitrogen and oxygen atoms in total. The summed E-state index contributed by atoms with van der Waals surface area (Å²) < 4.78 is 34.5. The number of nitrogens with zero attached hydrogens (tertiary/aromatic N) is 2. The molecule has 9 heteroatoms. The molecule has 1 heterocycles. The summed E-state index contributed by atoms with van der Waals surface area (Å²) in [6.07, 6.45) is 0. The molecule has 130 valence electrons. The molecule has 23 heavy (non-hydrogen) atoms. The molecule has 0 amide bonds. The highest BCUT2D eigenvalue weighted by Gasteiger charge is 2.14. The first-order chi connectivity index (χ1) is 10.6. The standard InChI is InChI=1S/C14H19F2N3O2S.HI/c1-20-11-2-3-12(21-13(15)16)10(8-11)9-18-14(17)19-4-6-22-7-5-19;/h2-3,8,13H,4-7,9H2,1H3,(H2,17,18);1H. The molecule has 2 rings (SSSR count). The largest absolute Gasteiger partial charge is 0.497 e. The van der Waals surface area contributed by atoms with Crippen LogP contribution in [0, 0.1) is 0 Å². The summed E-state index contributed by atoms with van der Waals surface area (Å²) in [4.78, 5) is 6.28. The summed E-state index contributed by atoms with van der Waals surface area (Å²) in [7, 11) is 1.51. The molecular weight excluding hydrogens is 439 g/mol. The van der Waals surface area contributed by atoms with Crippen molar-refractivity contribution in [3.63, 3.8) is 0 Å². The van der Waals surface area contributed by atoms with Crippen LogP contribution >= 0.6 is 35.7 Å². The zero-order chi connectivity index (χ0) is 15.9. The average molecular weight is 459 g/mol. The average Bonchev–Trinajstić information content (AvgIpc) is 2.54. The first-order valence-electron chi connectivity index (χ1n) is 6.84. The number of methoxy groups -OCH3 is 1. The Kier molecular flexibility index (Phi) is 8.74. The monoisotopic (exact) mass is 459 g/mol. The highest BCUT2D eigenvalue weighted by molar-refractivity contribution is 14.0. The van der Waals surface area contributed by atoms with E-state index < -0.39 is 6.61 Å². The van der Waals surface area contributed by atoms with Gasteiger partial charge in [-0.25, -0.2) is 4.99 Å². The topological polar surface area (TPSA) is 60.1 Å². The van der Waals surface area contributed by atoms with Crippen LogP contribution in [-0.4, -0.2) is 49.2 Å². The molecule has 0 spiro atoms. The van der Waals surface area contributed by atoms with Gasteiger partial charge >= 0.3 is 6.61 Å². The van der Waals surface area contributed by atoms with Gasteiger partial charge in [0, 0.05) is 30.2 Å². The van der Waals surface area contributed by atoms with Crippen molar-refractivity contribution in [2.24, 2.45) is 10.7 Å². The van der Waals surface area contributed by atoms with Gasteiger partial charge in [0.15, 0.2) is 5.96 Å². The number of thioether (sulfide) groups is 1. The Labute approximate surface area is 155 Å². The van der Waals surface area contributed by atoms with Gasteiger partial charge < -0.3 is 20.1 Å². The molecule has 1 aliphatic rings. The fourth-order valence-corrected chi connectivity index (χ4v) is 2.98. The van der Waals surface area contributed by atoms with E-state index in [0.717, 1.165) is 24.6 Å². The third-order valence-corrected chi connectivity index (χ3v) is 4.17. The Morgan fingerprint density at radius 2 is 2.09 bits per heavy atom. The van der Waals surface area contributed by atoms with Crippen molar-refractivity contribution in [1.29, 1.82) is 0 Å². The van der Waals surface area contributed by atoms with E-state index in [4.69, 9.17) is 10.5 Å². The van der Waals surface area contributed by atoms with Crippen LogP contribution < -0.4 is 15.2 Å². The minimum absolute atomic E-state index is 0. The van der Waals surface area contributed by atoms with Crippen LogP contribution in [0.15, 0.2) is 23.2 Å². The lowest BCUT2D eigenvalue weighted by Gasteiger charge is -2.27. The van der Waals surface area contributed by atoms with E-state index in [1.165, 1.54) is 13.2 Å². The van der Waals surface area contributed by atoms with Crippen LogP contribution in [-0.2, 0) is 6.54 Å². The number of aliphatic imine (C=N–C) groups is 1. The number of ether oxygens (including phenoxy) is 2. The van der Waals surface area contributed by atoms with E-state index in [1.807, 2.05) is 16.7 Å². The lowest BCUT2D eigenvalue weighted by atomic mass is 10.2. The molecular formula is C14H20F2IN3O2S. The van der Waals surface area contributed by atoms with E-state index in [9.17, 15) is 8.78 Å². The van der Waals surface area contributed by atoms with Gasteiger partial charge in [-0.15, -0.1) is 24.0 Å². The van der Waals surface area contributed by atoms with Crippen LogP contribution in [0.1, 0.15) is 5.56 Å². The second-order valence-electron chi connectivity index (χ2n) is 4.63. The molecule has 0 aromatic heterocycles. The first kappa shape index (κ1) is 20.1. The Bertz CT molecular complexity index is 529. The van der Waals surface area contributed by atoms with Crippen molar-refractivity contribution in [3.05, 3.63) is 23.8 Å². The maximum atomic E-state index is 12.4. The molecule has 0 atom stereocenters. The number of halogens is 3. The van der Waals surface area contributed by atoms with Crippen molar-refractivity contribution >= 4 is 41.7 Å². The molecule has 0 aliphatic carbocycles. The quantitative estimate of drug-likeness (QED) is 0.417. The highest BCUT2D eigenvalue weighted by Crippen LogP contribution is 2.26. The van der Waals surface area contributed by atoms with Gasteiger partial charge in [0.2, 0.25) is 0 Å². The smallest absolute Gasteiger partial charge is 0.387 e. The Morgan fingerprint density at radius 1 is 1.39 bits per heavy atom. The molecule has 1 aromatic carbocycles. The molecule has 1 saturated heterocycles. The lowest BCUT2D eigenvalue weighted by Crippen LogP contribution is -2.42. The van der Waals surface area contributed by atoms with Crippen molar-refractivity contribution in [2.75, 3.05) is 31.7 Å². The summed E-state index contributed by atoms with van der Waals surface area (Å²) in [5.41, 5.74) is 6.47. The van der Waals surface area contributed by atoms with E-state index in [-0.39, 0.29) is 36.3 Å². The normalized spacial score (nSPS) is 15.3. The van der Waals surface area contributed by atoms with E-state index in [0.29, 0.717) is 17.3 Å². The number of guanidine groups is 1. The predicted octanol–water partition coefficient (Wildman–Crippen LogP) is 2.78. The van der Waals surface area contributed by atoms with Gasteiger partial charge in [-0.2, -0.15) is 20.5 Å². The van der Waals surface area contributed by atoms with E-state index >= 15 is 0 Å². The van der Waals surface area contributed by atoms with Gasteiger partial charge in [-0.3, -0.25) is 0 Å². The molecule has 0 saturated carbocycles. The number of hydrogen-bond acceptors (Lipinski definition) is 4. The Hall–Kier alpha value is -0.970. The molecule has 0 radical (unpaired) electrons. The Balaban J connectivity index is 0.00000264. The fraction of sp³-hybridized carbons (Fsp3) is 0.500. The first-order valence-corrected chi connectivity index (χ1v) is 8.00. The van der Waals surface area contributed by atoms with Crippen molar-refractivity contribution in [2.45, 2.75) is 13.2 Å². The van der Waals surface area contributed by atoms with Crippen LogP contribution in [0.2, 0.25) is 0 Å². The highest BCUT2D eigenvalue weighted by atomic mass is 127. The van der Waals surface area contributed by atoms with Crippen LogP contribution in [0.4, 0.5) is 8.78 Å². The molecule has 1 aromatic rings. The van der Waals surface area contributed by atoms with Crippen molar-refractivity contribution in [3.8, 4) is 11.5 Å². The summed E-state index contributed by atoms with van der Waals surface area (Å²) in [6, 6.07) is 4.64. The van der Waals surface area contributed by atoms with Gasteiger partial charge in [-0.1, -0.05) is 0 Å². The van der Waals surface area contributed by atoms with Crippen LogP contribution in [0.25, 0.3) is 0 Å². The molecule has 0 unspecified atom stereocenters. The van der Waals surface area contributed by atoms with Crippen LogP contribution in [0.3, 0.4) is 0 Å². The number of alkyl halides is 2. The zero-order valence-corrected chi connectivity index (χ0v) is 15.9. The Morgan fingerprint density at radius 3 is 2.70 bits per heavy atom. The number of rotatable bonds is 5. The number of benzene rings is 1. The summed E-state index contributed by atoms with van der Waals surface area (Å²) in [5.74, 6) is 3.08. The minimum Gasteiger partial charge on any atom is -0.497 e. The van der Waals surface area contributed by atoms with Gasteiger partial charge in [-0.05, 0) is 18.2 Å². The van der Waals surface area contributed by atoms with Gasteiger partial charge in [0.05, 0.1) is 13.7 Å². The van der Waals surface area contributed by atoms with Crippen molar-refractivity contribution < 1.29 is 18.3 Å². The maximum absolute atomic E-state index is 12.4. The minimum atomic E-state index is -2.88. The SMILES string of the molecule is COc1ccc(OC(F)F)c(CN=C(N)N2CCSCC2)c1.I. The zero-order valence-electron chi connectivity index (χ0n) is 12.7. The van der Waals surface area contributed by atoms with Crippen LogP contribution in [0.5, 0.6) is 11.5 Å². The molecule has 1 fully saturated rings. The van der Waals surface area contributed by atoms with Gasteiger partial charge in [0.1, 0.15) is 11.5 Å². The third kappa shape index (κ3) is 6.21. The molecule has 1 aliphatic heterocycles. The number of nitrogens with two attached hydrogens (primary N) is 1. The molecule has 0 bridgehead atoms. The summed E-state index contributed by atoms with van der Waals surface area (Å²) in [6.45, 7) is -1.03. The summed E-state index contributed by atoms with van der Waals surface area (Å²) in [5, 5.41) is 0. The predicted molar refractivity (Wildman–Crippen MR) is 99.3 cm³/mol. The second kappa shape index (κ2) is 10.0. The number of hydrogen-bond donors (Lipinski definition) is 1.